The van der Waals surface area contributed by atoms with Gasteiger partial charge in [0.2, 0.25) is 0 Å². The zero-order chi connectivity index (χ0) is 26.6. The van der Waals surface area contributed by atoms with Crippen LogP contribution in [0.5, 0.6) is 11.5 Å². The molecular weight excluding hydrogens is 459 g/mol. The molecule has 0 fully saturated rings. The summed E-state index contributed by atoms with van der Waals surface area (Å²) in [5.41, 5.74) is 0.390. The third kappa shape index (κ3) is 11.1. The van der Waals surface area contributed by atoms with Gasteiger partial charge in [0.15, 0.2) is 18.2 Å². The van der Waals surface area contributed by atoms with Gasteiger partial charge in [-0.15, -0.1) is 0 Å². The number of esters is 1. The van der Waals surface area contributed by atoms with E-state index >= 15 is 0 Å². The van der Waals surface area contributed by atoms with Gasteiger partial charge in [-0.3, -0.25) is 0 Å². The summed E-state index contributed by atoms with van der Waals surface area (Å²) < 4.78 is 36.8. The van der Waals surface area contributed by atoms with Gasteiger partial charge in [0, 0.05) is 12.7 Å². The molecule has 0 saturated carbocycles. The van der Waals surface area contributed by atoms with Gasteiger partial charge < -0.3 is 18.9 Å². The number of rotatable bonds is 17. The summed E-state index contributed by atoms with van der Waals surface area (Å²) in [6.07, 6.45) is 10.5. The summed E-state index contributed by atoms with van der Waals surface area (Å²) in [4.78, 5) is 11.5. The zero-order valence-electron chi connectivity index (χ0n) is 23.5. The Morgan fingerprint density at radius 2 is 1.72 bits per heavy atom. The number of ether oxygens (including phenoxy) is 4. The summed E-state index contributed by atoms with van der Waals surface area (Å²) in [6, 6.07) is 2.97. The topological polar surface area (TPSA) is 54.0 Å². The van der Waals surface area contributed by atoms with Crippen LogP contribution in [-0.4, -0.2) is 38.0 Å². The molecule has 0 radical (unpaired) electrons. The Bertz CT molecular complexity index is 796. The van der Waals surface area contributed by atoms with Crippen LogP contribution in [0.1, 0.15) is 98.5 Å². The minimum atomic E-state index is -0.550. The molecular formula is C30H49FO5. The average molecular weight is 509 g/mol. The van der Waals surface area contributed by atoms with Crippen molar-refractivity contribution in [3.63, 3.8) is 0 Å². The molecule has 3 unspecified atom stereocenters. The van der Waals surface area contributed by atoms with Gasteiger partial charge in [0.25, 0.3) is 0 Å². The minimum Gasteiger partial charge on any atom is -0.485 e. The van der Waals surface area contributed by atoms with E-state index in [1.807, 2.05) is 6.92 Å². The maximum atomic E-state index is 14.5. The number of hydrogen-bond donors (Lipinski definition) is 0. The van der Waals surface area contributed by atoms with E-state index in [2.05, 4.69) is 27.7 Å². The molecule has 0 aliphatic carbocycles. The lowest BCUT2D eigenvalue weighted by Crippen LogP contribution is -2.41. The van der Waals surface area contributed by atoms with E-state index in [9.17, 15) is 9.18 Å². The standard InChI is InChI=1S/C30H49FO5/c1-7-34-29(32)20-35-28-18-25-14-16-30(6,36-27(25)19-26(28)31)21-33-17-15-24(5)13-9-12-23(4)11-8-10-22(2)3/h18-19,22-24H,7-17,20-21H2,1-6H3. The molecule has 0 bridgehead atoms. The van der Waals surface area contributed by atoms with Crippen molar-refractivity contribution < 1.29 is 28.1 Å². The zero-order valence-corrected chi connectivity index (χ0v) is 23.5. The normalized spacial score (nSPS) is 18.9. The number of carbonyl (C=O) groups excluding carboxylic acids is 1. The highest BCUT2D eigenvalue weighted by molar-refractivity contribution is 5.71. The van der Waals surface area contributed by atoms with Crippen LogP contribution >= 0.6 is 0 Å². The Morgan fingerprint density at radius 3 is 2.39 bits per heavy atom. The molecule has 1 aliphatic rings. The maximum absolute atomic E-state index is 14.5. The second-order valence-corrected chi connectivity index (χ2v) is 11.3. The van der Waals surface area contributed by atoms with E-state index in [-0.39, 0.29) is 19.0 Å². The third-order valence-electron chi connectivity index (χ3n) is 7.08. The first-order chi connectivity index (χ1) is 17.1. The first-order valence-corrected chi connectivity index (χ1v) is 14.0. The fourth-order valence-corrected chi connectivity index (χ4v) is 4.69. The minimum absolute atomic E-state index is 0.0456. The van der Waals surface area contributed by atoms with Crippen molar-refractivity contribution in [3.8, 4) is 11.5 Å². The molecule has 0 aromatic heterocycles. The Labute approximate surface area is 218 Å². The monoisotopic (exact) mass is 508 g/mol. The van der Waals surface area contributed by atoms with Gasteiger partial charge >= 0.3 is 5.97 Å². The van der Waals surface area contributed by atoms with Gasteiger partial charge in [0.05, 0.1) is 13.2 Å². The molecule has 6 heteroatoms. The molecule has 3 atom stereocenters. The molecule has 1 aromatic carbocycles. The van der Waals surface area contributed by atoms with Crippen molar-refractivity contribution in [2.45, 2.75) is 105 Å². The summed E-state index contributed by atoms with van der Waals surface area (Å²) in [6.45, 7) is 14.2. The number of halogens is 1. The lowest BCUT2D eigenvalue weighted by atomic mass is 9.92. The van der Waals surface area contributed by atoms with Crippen LogP contribution in [0.4, 0.5) is 4.39 Å². The van der Waals surface area contributed by atoms with Gasteiger partial charge in [-0.25, -0.2) is 9.18 Å². The van der Waals surface area contributed by atoms with Crippen LogP contribution in [0.2, 0.25) is 0 Å². The Morgan fingerprint density at radius 1 is 1.06 bits per heavy atom. The predicted molar refractivity (Wildman–Crippen MR) is 142 cm³/mol. The summed E-state index contributed by atoms with van der Waals surface area (Å²) in [5.74, 6) is 1.78. The smallest absolute Gasteiger partial charge is 0.344 e. The lowest BCUT2D eigenvalue weighted by Gasteiger charge is -2.35. The number of benzene rings is 1. The highest BCUT2D eigenvalue weighted by atomic mass is 19.1. The van der Waals surface area contributed by atoms with Crippen LogP contribution in [0.3, 0.4) is 0 Å². The SMILES string of the molecule is CCOC(=O)COc1cc2c(cc1F)OC(C)(COCCC(C)CCCC(C)CCCC(C)C)CC2. The van der Waals surface area contributed by atoms with Crippen LogP contribution in [-0.2, 0) is 20.7 Å². The van der Waals surface area contributed by atoms with E-state index in [0.29, 0.717) is 24.9 Å². The second-order valence-electron chi connectivity index (χ2n) is 11.3. The van der Waals surface area contributed by atoms with Crippen LogP contribution < -0.4 is 9.47 Å². The average Bonchev–Trinajstić information content (AvgIpc) is 2.80. The summed E-state index contributed by atoms with van der Waals surface area (Å²) in [5, 5.41) is 0. The Kier molecular flexibility index (Phi) is 13.0. The fraction of sp³-hybridized carbons (Fsp3) is 0.767. The molecule has 1 heterocycles. The largest absolute Gasteiger partial charge is 0.485 e. The molecule has 1 aliphatic heterocycles. The number of hydrogen-bond acceptors (Lipinski definition) is 5. The fourth-order valence-electron chi connectivity index (χ4n) is 4.69. The molecule has 0 saturated heterocycles. The number of fused-ring (bicyclic) bond motifs is 1. The van der Waals surface area contributed by atoms with Crippen molar-refractivity contribution in [1.29, 1.82) is 0 Å². The van der Waals surface area contributed by atoms with Crippen molar-refractivity contribution in [2.75, 3.05) is 26.4 Å². The molecule has 0 spiro atoms. The van der Waals surface area contributed by atoms with Crippen molar-refractivity contribution in [2.24, 2.45) is 17.8 Å². The molecule has 2 rings (SSSR count). The molecule has 5 nitrogen and oxygen atoms in total. The van der Waals surface area contributed by atoms with E-state index in [1.165, 1.54) is 44.6 Å². The lowest BCUT2D eigenvalue weighted by molar-refractivity contribution is -0.145. The van der Waals surface area contributed by atoms with Crippen molar-refractivity contribution >= 4 is 5.97 Å². The van der Waals surface area contributed by atoms with Crippen molar-refractivity contribution in [3.05, 3.63) is 23.5 Å². The molecule has 0 N–H and O–H groups in total. The third-order valence-corrected chi connectivity index (χ3v) is 7.08. The second kappa shape index (κ2) is 15.4. The number of carbonyl (C=O) groups is 1. The quantitative estimate of drug-likeness (QED) is 0.161. The van der Waals surface area contributed by atoms with Crippen molar-refractivity contribution in [1.82, 2.24) is 0 Å². The van der Waals surface area contributed by atoms with Gasteiger partial charge in [0.1, 0.15) is 11.4 Å². The maximum Gasteiger partial charge on any atom is 0.344 e. The number of aryl methyl sites for hydroxylation is 1. The van der Waals surface area contributed by atoms with Gasteiger partial charge in [-0.05, 0) is 62.5 Å². The van der Waals surface area contributed by atoms with E-state index in [1.54, 1.807) is 13.0 Å². The highest BCUT2D eigenvalue weighted by Gasteiger charge is 2.33. The van der Waals surface area contributed by atoms with Crippen LogP contribution in [0, 0.1) is 23.6 Å². The first-order valence-electron chi connectivity index (χ1n) is 14.0. The molecule has 36 heavy (non-hydrogen) atoms. The predicted octanol–water partition coefficient (Wildman–Crippen LogP) is 7.53. The van der Waals surface area contributed by atoms with Gasteiger partial charge in [-0.1, -0.05) is 66.2 Å². The molecule has 206 valence electrons. The molecule has 0 amide bonds. The van der Waals surface area contributed by atoms with Crippen LogP contribution in [0.25, 0.3) is 0 Å². The molecule has 1 aromatic rings. The van der Waals surface area contributed by atoms with E-state index in [0.717, 1.165) is 36.7 Å². The van der Waals surface area contributed by atoms with Gasteiger partial charge in [-0.2, -0.15) is 0 Å². The summed E-state index contributed by atoms with van der Waals surface area (Å²) >= 11 is 0. The van der Waals surface area contributed by atoms with E-state index in [4.69, 9.17) is 18.9 Å². The highest BCUT2D eigenvalue weighted by Crippen LogP contribution is 2.37. The Balaban J connectivity index is 1.68. The van der Waals surface area contributed by atoms with Crippen LogP contribution in [0.15, 0.2) is 12.1 Å². The first kappa shape index (κ1) is 30.4. The van der Waals surface area contributed by atoms with E-state index < -0.39 is 17.4 Å². The summed E-state index contributed by atoms with van der Waals surface area (Å²) in [7, 11) is 0. The Hall–Kier alpha value is -1.82.